The van der Waals surface area contributed by atoms with Crippen molar-refractivity contribution in [2.24, 2.45) is 0 Å². The summed E-state index contributed by atoms with van der Waals surface area (Å²) in [6.45, 7) is 1.46. The van der Waals surface area contributed by atoms with Crippen LogP contribution in [0.1, 0.15) is 27.8 Å². The number of hydrogen-bond donors (Lipinski definition) is 1. The summed E-state index contributed by atoms with van der Waals surface area (Å²) in [7, 11) is 0. The smallest absolute Gasteiger partial charge is 0.274 e. The number of ketones is 1. The van der Waals surface area contributed by atoms with Crippen molar-refractivity contribution in [3.05, 3.63) is 59.9 Å². The van der Waals surface area contributed by atoms with E-state index in [4.69, 9.17) is 0 Å². The van der Waals surface area contributed by atoms with Gasteiger partial charge in [-0.05, 0) is 31.2 Å². The average molecular weight is 240 g/mol. The van der Waals surface area contributed by atoms with E-state index in [0.717, 1.165) is 0 Å². The molecule has 2 aromatic rings. The minimum Gasteiger partial charge on any atom is -0.320 e. The molecule has 0 fully saturated rings. The van der Waals surface area contributed by atoms with Gasteiger partial charge in [0.15, 0.2) is 5.78 Å². The predicted octanol–water partition coefficient (Wildman–Crippen LogP) is 2.54. The summed E-state index contributed by atoms with van der Waals surface area (Å²) in [5.41, 5.74) is 1.30. The zero-order valence-electron chi connectivity index (χ0n) is 9.88. The molecule has 0 aliphatic carbocycles. The van der Waals surface area contributed by atoms with E-state index in [2.05, 4.69) is 10.3 Å². The van der Waals surface area contributed by atoms with E-state index >= 15 is 0 Å². The van der Waals surface area contributed by atoms with Gasteiger partial charge in [0.1, 0.15) is 5.69 Å². The first-order chi connectivity index (χ1) is 8.68. The highest BCUT2D eigenvalue weighted by Crippen LogP contribution is 2.16. The van der Waals surface area contributed by atoms with E-state index in [1.165, 1.54) is 6.92 Å². The summed E-state index contributed by atoms with van der Waals surface area (Å²) in [5, 5.41) is 2.69. The van der Waals surface area contributed by atoms with Crippen LogP contribution in [0.5, 0.6) is 0 Å². The summed E-state index contributed by atoms with van der Waals surface area (Å²) in [6, 6.07) is 12.0. The van der Waals surface area contributed by atoms with E-state index in [0.29, 0.717) is 16.9 Å². The highest BCUT2D eigenvalue weighted by atomic mass is 16.2. The first-order valence-electron chi connectivity index (χ1n) is 5.51. The average Bonchev–Trinajstić information content (AvgIpc) is 2.40. The fraction of sp³-hybridized carbons (Fsp3) is 0.0714. The molecule has 1 aromatic carbocycles. The minimum atomic E-state index is -0.329. The van der Waals surface area contributed by atoms with E-state index < -0.39 is 0 Å². The third-order valence-electron chi connectivity index (χ3n) is 2.45. The van der Waals surface area contributed by atoms with Crippen LogP contribution in [-0.4, -0.2) is 16.7 Å². The van der Waals surface area contributed by atoms with Crippen molar-refractivity contribution >= 4 is 17.4 Å². The van der Waals surface area contributed by atoms with Gasteiger partial charge in [0.25, 0.3) is 5.91 Å². The van der Waals surface area contributed by atoms with Crippen LogP contribution in [0.4, 0.5) is 5.69 Å². The maximum Gasteiger partial charge on any atom is 0.274 e. The SMILES string of the molecule is CC(=O)c1ccccc1NC(=O)c1ccccn1. The second kappa shape index (κ2) is 5.23. The molecular formula is C14H12N2O2. The van der Waals surface area contributed by atoms with Gasteiger partial charge < -0.3 is 5.32 Å². The van der Waals surface area contributed by atoms with Crippen LogP contribution in [-0.2, 0) is 0 Å². The molecule has 0 atom stereocenters. The van der Waals surface area contributed by atoms with Crippen molar-refractivity contribution in [2.75, 3.05) is 5.32 Å². The molecule has 0 aliphatic heterocycles. The first-order valence-corrected chi connectivity index (χ1v) is 5.51. The molecule has 2 rings (SSSR count). The summed E-state index contributed by atoms with van der Waals surface area (Å²) in [5.74, 6) is -0.420. The molecule has 0 unspecified atom stereocenters. The number of aromatic nitrogens is 1. The second-order valence-corrected chi connectivity index (χ2v) is 3.77. The minimum absolute atomic E-state index is 0.0908. The molecule has 0 radical (unpaired) electrons. The van der Waals surface area contributed by atoms with Crippen LogP contribution < -0.4 is 5.32 Å². The quantitative estimate of drug-likeness (QED) is 0.839. The van der Waals surface area contributed by atoms with Crippen molar-refractivity contribution < 1.29 is 9.59 Å². The monoisotopic (exact) mass is 240 g/mol. The van der Waals surface area contributed by atoms with Gasteiger partial charge in [-0.2, -0.15) is 0 Å². The Morgan fingerprint density at radius 1 is 1.06 bits per heavy atom. The summed E-state index contributed by atoms with van der Waals surface area (Å²) >= 11 is 0. The normalized spacial score (nSPS) is 9.83. The number of para-hydroxylation sites is 1. The maximum atomic E-state index is 11.9. The van der Waals surface area contributed by atoms with Crippen molar-refractivity contribution in [3.63, 3.8) is 0 Å². The van der Waals surface area contributed by atoms with E-state index in [1.807, 2.05) is 0 Å². The van der Waals surface area contributed by atoms with Gasteiger partial charge in [-0.3, -0.25) is 14.6 Å². The Bertz CT molecular complexity index is 579. The molecule has 4 nitrogen and oxygen atoms in total. The molecule has 0 aliphatic rings. The lowest BCUT2D eigenvalue weighted by Gasteiger charge is -2.08. The fourth-order valence-corrected chi connectivity index (χ4v) is 1.58. The van der Waals surface area contributed by atoms with Crippen LogP contribution in [0.3, 0.4) is 0 Å². The molecule has 1 amide bonds. The Morgan fingerprint density at radius 2 is 1.78 bits per heavy atom. The van der Waals surface area contributed by atoms with Crippen molar-refractivity contribution in [2.45, 2.75) is 6.92 Å². The topological polar surface area (TPSA) is 59.1 Å². The lowest BCUT2D eigenvalue weighted by Crippen LogP contribution is -2.15. The van der Waals surface area contributed by atoms with Crippen molar-refractivity contribution in [1.29, 1.82) is 0 Å². The molecule has 1 aromatic heterocycles. The molecule has 90 valence electrons. The standard InChI is InChI=1S/C14H12N2O2/c1-10(17)11-6-2-3-7-12(11)16-14(18)13-8-4-5-9-15-13/h2-9H,1H3,(H,16,18). The van der Waals surface area contributed by atoms with Crippen LogP contribution >= 0.6 is 0 Å². The van der Waals surface area contributed by atoms with E-state index in [9.17, 15) is 9.59 Å². The van der Waals surface area contributed by atoms with Gasteiger partial charge in [-0.15, -0.1) is 0 Å². The van der Waals surface area contributed by atoms with Gasteiger partial charge >= 0.3 is 0 Å². The summed E-state index contributed by atoms with van der Waals surface area (Å²) in [6.07, 6.45) is 1.55. The first kappa shape index (κ1) is 12.0. The number of nitrogens with one attached hydrogen (secondary N) is 1. The van der Waals surface area contributed by atoms with Crippen LogP contribution in [0, 0.1) is 0 Å². The highest BCUT2D eigenvalue weighted by molar-refractivity contribution is 6.08. The molecule has 1 N–H and O–H groups in total. The van der Waals surface area contributed by atoms with Crippen LogP contribution in [0.15, 0.2) is 48.7 Å². The molecule has 0 bridgehead atoms. The third-order valence-corrected chi connectivity index (χ3v) is 2.45. The number of anilines is 1. The molecule has 0 saturated carbocycles. The number of carbonyl (C=O) groups is 2. The fourth-order valence-electron chi connectivity index (χ4n) is 1.58. The number of hydrogen-bond acceptors (Lipinski definition) is 3. The summed E-state index contributed by atoms with van der Waals surface area (Å²) < 4.78 is 0. The third kappa shape index (κ3) is 2.60. The van der Waals surface area contributed by atoms with Gasteiger partial charge in [0.2, 0.25) is 0 Å². The van der Waals surface area contributed by atoms with E-state index in [1.54, 1.807) is 48.7 Å². The maximum absolute atomic E-state index is 11.9. The Hall–Kier alpha value is -2.49. The van der Waals surface area contributed by atoms with Crippen LogP contribution in [0.25, 0.3) is 0 Å². The molecule has 18 heavy (non-hydrogen) atoms. The Balaban J connectivity index is 2.25. The van der Waals surface area contributed by atoms with Crippen LogP contribution in [0.2, 0.25) is 0 Å². The number of nitrogens with zero attached hydrogens (tertiary/aromatic N) is 1. The molecule has 4 heteroatoms. The number of amides is 1. The van der Waals surface area contributed by atoms with Gasteiger partial charge in [-0.1, -0.05) is 18.2 Å². The lowest BCUT2D eigenvalue weighted by molar-refractivity contribution is 0.101. The number of pyridine rings is 1. The molecular weight excluding hydrogens is 228 g/mol. The van der Waals surface area contributed by atoms with Crippen molar-refractivity contribution in [1.82, 2.24) is 4.98 Å². The zero-order chi connectivity index (χ0) is 13.0. The second-order valence-electron chi connectivity index (χ2n) is 3.77. The zero-order valence-corrected chi connectivity index (χ0v) is 9.88. The Kier molecular flexibility index (Phi) is 3.48. The van der Waals surface area contributed by atoms with Crippen molar-refractivity contribution in [3.8, 4) is 0 Å². The lowest BCUT2D eigenvalue weighted by atomic mass is 10.1. The molecule has 1 heterocycles. The largest absolute Gasteiger partial charge is 0.320 e. The Labute approximate surface area is 105 Å². The van der Waals surface area contributed by atoms with Gasteiger partial charge in [0, 0.05) is 11.8 Å². The van der Waals surface area contributed by atoms with E-state index in [-0.39, 0.29) is 11.7 Å². The van der Waals surface area contributed by atoms with Gasteiger partial charge in [-0.25, -0.2) is 0 Å². The number of Topliss-reactive ketones (excluding diaryl/α,β-unsaturated/α-hetero) is 1. The number of benzene rings is 1. The predicted molar refractivity (Wildman–Crippen MR) is 68.6 cm³/mol. The van der Waals surface area contributed by atoms with Gasteiger partial charge in [0.05, 0.1) is 5.69 Å². The number of carbonyl (C=O) groups excluding carboxylic acids is 2. The highest BCUT2D eigenvalue weighted by Gasteiger charge is 2.11. The molecule has 0 spiro atoms. The number of rotatable bonds is 3. The Morgan fingerprint density at radius 3 is 2.44 bits per heavy atom. The summed E-state index contributed by atoms with van der Waals surface area (Å²) in [4.78, 5) is 27.3. The molecule has 0 saturated heterocycles.